The molecule has 136 valence electrons. The monoisotopic (exact) mass is 373 g/mol. The summed E-state index contributed by atoms with van der Waals surface area (Å²) >= 11 is 1.40. The first kappa shape index (κ1) is 16.2. The lowest BCUT2D eigenvalue weighted by Crippen LogP contribution is -2.35. The van der Waals surface area contributed by atoms with E-state index >= 15 is 0 Å². The van der Waals surface area contributed by atoms with Crippen LogP contribution in [0.1, 0.15) is 40.6 Å². The number of hydrogen-bond donors (Lipinski definition) is 0. The number of carbonyl (C=O) groups is 3. The van der Waals surface area contributed by atoms with Crippen molar-refractivity contribution in [1.82, 2.24) is 0 Å². The Balaban J connectivity index is 1.60. The number of thiophene rings is 1. The second-order valence-corrected chi connectivity index (χ2v) is 8.21. The van der Waals surface area contributed by atoms with Crippen LogP contribution in [0.2, 0.25) is 0 Å². The number of nitrogens with zero attached hydrogens (tertiary/aromatic N) is 1. The van der Waals surface area contributed by atoms with Gasteiger partial charge in [0.25, 0.3) is 0 Å². The van der Waals surface area contributed by atoms with Crippen molar-refractivity contribution in [2.24, 2.45) is 11.8 Å². The average molecular weight is 373 g/mol. The Bertz CT molecular complexity index is 826. The third kappa shape index (κ3) is 2.04. The molecule has 4 heterocycles. The molecule has 1 aliphatic carbocycles. The highest BCUT2D eigenvalue weighted by molar-refractivity contribution is 7.17. The number of imide groups is 1. The first-order valence-corrected chi connectivity index (χ1v) is 9.96. The summed E-state index contributed by atoms with van der Waals surface area (Å²) in [6.07, 6.45) is 6.82. The number of esters is 1. The number of anilines is 1. The van der Waals surface area contributed by atoms with Crippen LogP contribution in [-0.2, 0) is 31.9 Å². The number of aryl methyl sites for hydroxylation is 1. The van der Waals surface area contributed by atoms with Crippen molar-refractivity contribution in [2.45, 2.75) is 44.8 Å². The highest BCUT2D eigenvalue weighted by Gasteiger charge is 2.61. The standard InChI is InChI=1S/C19H19NO5S/c1-2-24-19(23)13-9-5-3-4-6-12(9)26-18(13)20-16(21)14-10-7-8-11(25-10)15(14)17(20)22/h7-8,10-11,14-15H,2-6H2,1H3/t10-,11+,14+,15-. The van der Waals surface area contributed by atoms with Gasteiger partial charge in [0.05, 0.1) is 36.2 Å². The van der Waals surface area contributed by atoms with Crippen molar-refractivity contribution in [3.05, 3.63) is 28.2 Å². The lowest BCUT2D eigenvalue weighted by atomic mass is 9.85. The van der Waals surface area contributed by atoms with Crippen molar-refractivity contribution >= 4 is 34.1 Å². The molecule has 2 amide bonds. The molecule has 26 heavy (non-hydrogen) atoms. The van der Waals surface area contributed by atoms with Gasteiger partial charge in [-0.15, -0.1) is 11.3 Å². The molecule has 5 rings (SSSR count). The Labute approximate surface area is 154 Å². The topological polar surface area (TPSA) is 72.9 Å². The summed E-state index contributed by atoms with van der Waals surface area (Å²) in [4.78, 5) is 41.2. The van der Waals surface area contributed by atoms with E-state index in [0.29, 0.717) is 10.6 Å². The molecule has 0 unspecified atom stereocenters. The molecule has 0 spiro atoms. The zero-order valence-electron chi connectivity index (χ0n) is 14.4. The summed E-state index contributed by atoms with van der Waals surface area (Å²) in [6.45, 7) is 2.02. The number of fused-ring (bicyclic) bond motifs is 6. The largest absolute Gasteiger partial charge is 0.462 e. The van der Waals surface area contributed by atoms with Crippen LogP contribution >= 0.6 is 11.3 Å². The van der Waals surface area contributed by atoms with E-state index in [9.17, 15) is 14.4 Å². The van der Waals surface area contributed by atoms with Crippen molar-refractivity contribution < 1.29 is 23.9 Å². The number of ether oxygens (including phenoxy) is 2. The molecule has 7 heteroatoms. The zero-order chi connectivity index (χ0) is 18.0. The zero-order valence-corrected chi connectivity index (χ0v) is 15.2. The van der Waals surface area contributed by atoms with Crippen LogP contribution in [-0.4, -0.2) is 36.6 Å². The van der Waals surface area contributed by atoms with E-state index in [-0.39, 0.29) is 30.6 Å². The van der Waals surface area contributed by atoms with Crippen molar-refractivity contribution in [2.75, 3.05) is 11.5 Å². The minimum absolute atomic E-state index is 0.249. The van der Waals surface area contributed by atoms with E-state index in [1.165, 1.54) is 16.2 Å². The normalized spacial score (nSPS) is 31.5. The average Bonchev–Trinajstić information content (AvgIpc) is 3.37. The number of carbonyl (C=O) groups excluding carboxylic acids is 3. The van der Waals surface area contributed by atoms with Crippen LogP contribution in [0, 0.1) is 11.8 Å². The van der Waals surface area contributed by atoms with Gasteiger partial charge in [-0.25, -0.2) is 9.69 Å². The van der Waals surface area contributed by atoms with Gasteiger partial charge in [0.2, 0.25) is 11.8 Å². The Morgan fingerprint density at radius 1 is 1.19 bits per heavy atom. The summed E-state index contributed by atoms with van der Waals surface area (Å²) in [5.74, 6) is -1.86. The van der Waals surface area contributed by atoms with Gasteiger partial charge in [-0.3, -0.25) is 9.59 Å². The Morgan fingerprint density at radius 3 is 2.50 bits per heavy atom. The third-order valence-corrected chi connectivity index (χ3v) is 7.02. The molecular weight excluding hydrogens is 354 g/mol. The molecule has 4 atom stereocenters. The van der Waals surface area contributed by atoms with Gasteiger partial charge in [-0.2, -0.15) is 0 Å². The van der Waals surface area contributed by atoms with Crippen LogP contribution in [0.3, 0.4) is 0 Å². The molecule has 0 N–H and O–H groups in total. The summed E-state index contributed by atoms with van der Waals surface area (Å²) < 4.78 is 10.9. The van der Waals surface area contributed by atoms with Gasteiger partial charge in [0.1, 0.15) is 5.00 Å². The van der Waals surface area contributed by atoms with E-state index in [4.69, 9.17) is 9.47 Å². The van der Waals surface area contributed by atoms with Crippen LogP contribution in [0.15, 0.2) is 12.2 Å². The molecule has 2 bridgehead atoms. The second-order valence-electron chi connectivity index (χ2n) is 7.13. The van der Waals surface area contributed by atoms with Crippen LogP contribution in [0.4, 0.5) is 5.00 Å². The maximum absolute atomic E-state index is 13.1. The van der Waals surface area contributed by atoms with E-state index in [0.717, 1.165) is 36.1 Å². The number of rotatable bonds is 3. The molecule has 1 aromatic heterocycles. The van der Waals surface area contributed by atoms with E-state index in [1.807, 2.05) is 12.2 Å². The van der Waals surface area contributed by atoms with Crippen molar-refractivity contribution in [3.8, 4) is 0 Å². The number of amides is 2. The smallest absolute Gasteiger partial charge is 0.341 e. The van der Waals surface area contributed by atoms with Crippen LogP contribution < -0.4 is 4.90 Å². The predicted octanol–water partition coefficient (Wildman–Crippen LogP) is 2.25. The Hall–Kier alpha value is -1.99. The third-order valence-electron chi connectivity index (χ3n) is 5.75. The predicted molar refractivity (Wildman–Crippen MR) is 94.2 cm³/mol. The highest BCUT2D eigenvalue weighted by Crippen LogP contribution is 2.49. The Morgan fingerprint density at radius 2 is 1.85 bits per heavy atom. The summed E-state index contributed by atoms with van der Waals surface area (Å²) in [5.41, 5.74) is 1.39. The van der Waals surface area contributed by atoms with Gasteiger partial charge in [-0.1, -0.05) is 12.2 Å². The first-order chi connectivity index (χ1) is 12.6. The van der Waals surface area contributed by atoms with Gasteiger partial charge in [0, 0.05) is 4.88 Å². The molecule has 2 saturated heterocycles. The van der Waals surface area contributed by atoms with Gasteiger partial charge >= 0.3 is 5.97 Å². The van der Waals surface area contributed by atoms with Crippen molar-refractivity contribution in [1.29, 1.82) is 0 Å². The van der Waals surface area contributed by atoms with Crippen LogP contribution in [0.5, 0.6) is 0 Å². The molecular formula is C19H19NO5S. The lowest BCUT2D eigenvalue weighted by molar-refractivity contribution is -0.124. The minimum atomic E-state index is -0.466. The molecule has 0 aromatic carbocycles. The second kappa shape index (κ2) is 5.76. The molecule has 2 fully saturated rings. The quantitative estimate of drug-likeness (QED) is 0.462. The van der Waals surface area contributed by atoms with Gasteiger partial charge in [-0.05, 0) is 38.2 Å². The summed E-state index contributed by atoms with van der Waals surface area (Å²) in [7, 11) is 0. The number of hydrogen-bond acceptors (Lipinski definition) is 6. The Kier molecular flexibility index (Phi) is 3.59. The van der Waals surface area contributed by atoms with Crippen molar-refractivity contribution in [3.63, 3.8) is 0 Å². The molecule has 0 radical (unpaired) electrons. The summed E-state index contributed by atoms with van der Waals surface area (Å²) in [6, 6.07) is 0. The minimum Gasteiger partial charge on any atom is -0.462 e. The molecule has 4 aliphatic rings. The molecule has 1 aromatic rings. The molecule has 0 saturated carbocycles. The fraction of sp³-hybridized carbons (Fsp3) is 0.526. The van der Waals surface area contributed by atoms with Crippen LogP contribution in [0.25, 0.3) is 0 Å². The fourth-order valence-electron chi connectivity index (χ4n) is 4.63. The highest BCUT2D eigenvalue weighted by atomic mass is 32.1. The maximum Gasteiger partial charge on any atom is 0.341 e. The lowest BCUT2D eigenvalue weighted by Gasteiger charge is -2.18. The molecule has 6 nitrogen and oxygen atoms in total. The van der Waals surface area contributed by atoms with Gasteiger partial charge < -0.3 is 9.47 Å². The first-order valence-electron chi connectivity index (χ1n) is 9.15. The maximum atomic E-state index is 13.1. The van der Waals surface area contributed by atoms with E-state index in [1.54, 1.807) is 6.92 Å². The van der Waals surface area contributed by atoms with E-state index < -0.39 is 17.8 Å². The fourth-order valence-corrected chi connectivity index (χ4v) is 6.01. The molecule has 3 aliphatic heterocycles. The van der Waals surface area contributed by atoms with Gasteiger partial charge in [0.15, 0.2) is 0 Å². The van der Waals surface area contributed by atoms with E-state index in [2.05, 4.69) is 0 Å². The SMILES string of the molecule is CCOC(=O)c1c(N2C(=O)[C@@H]3[C@H](C2=O)[C@@H]2C=C[C@H]3O2)sc2c1CCCC2. The summed E-state index contributed by atoms with van der Waals surface area (Å²) in [5, 5.41) is 0.458.